The highest BCUT2D eigenvalue weighted by Gasteiger charge is 2.18. The number of anilines is 2. The number of hydrogen-bond acceptors (Lipinski definition) is 5. The number of rotatable bonds is 6. The number of thiocarbonyl (C=S) groups is 1. The van der Waals surface area contributed by atoms with E-state index in [9.17, 15) is 4.79 Å². The highest BCUT2D eigenvalue weighted by atomic mass is 32.1. The first kappa shape index (κ1) is 20.0. The molecule has 0 amide bonds. The molecule has 1 aromatic carbocycles. The molecule has 0 aliphatic carbocycles. The normalized spacial score (nSPS) is 10.5. The molecular weight excluding hydrogens is 392 g/mol. The number of hydrogen-bond donors (Lipinski definition) is 2. The number of benzene rings is 1. The van der Waals surface area contributed by atoms with Crippen molar-refractivity contribution in [3.63, 3.8) is 0 Å². The van der Waals surface area contributed by atoms with E-state index in [1.165, 1.54) is 24.0 Å². The summed E-state index contributed by atoms with van der Waals surface area (Å²) in [7, 11) is 1.37. The van der Waals surface area contributed by atoms with E-state index < -0.39 is 5.97 Å². The summed E-state index contributed by atoms with van der Waals surface area (Å²) < 4.78 is 6.81. The van der Waals surface area contributed by atoms with Gasteiger partial charge in [-0.2, -0.15) is 5.10 Å². The van der Waals surface area contributed by atoms with Gasteiger partial charge in [0.2, 0.25) is 0 Å². The van der Waals surface area contributed by atoms with Crippen molar-refractivity contribution < 1.29 is 9.53 Å². The summed E-state index contributed by atoms with van der Waals surface area (Å²) in [5.74, 6) is -0.393. The number of carbonyl (C=O) groups excluding carboxylic acids is 1. The van der Waals surface area contributed by atoms with Gasteiger partial charge in [0.25, 0.3) is 0 Å². The molecule has 2 heterocycles. The number of aromatic nitrogens is 2. The van der Waals surface area contributed by atoms with Crippen molar-refractivity contribution >= 4 is 45.3 Å². The Morgan fingerprint density at radius 3 is 2.68 bits per heavy atom. The summed E-state index contributed by atoms with van der Waals surface area (Å²) in [6, 6.07) is 12.0. The van der Waals surface area contributed by atoms with Gasteiger partial charge in [0.1, 0.15) is 5.00 Å². The van der Waals surface area contributed by atoms with Crippen molar-refractivity contribution in [3.05, 3.63) is 64.3 Å². The molecule has 146 valence electrons. The number of carbonyl (C=O) groups is 1. The summed E-state index contributed by atoms with van der Waals surface area (Å²) >= 11 is 6.93. The summed E-state index contributed by atoms with van der Waals surface area (Å²) in [5, 5.41) is 11.6. The van der Waals surface area contributed by atoms with Crippen molar-refractivity contribution in [1.29, 1.82) is 0 Å². The lowest BCUT2D eigenvalue weighted by molar-refractivity contribution is 0.0602. The molecule has 0 bridgehead atoms. The van der Waals surface area contributed by atoms with E-state index >= 15 is 0 Å². The zero-order valence-corrected chi connectivity index (χ0v) is 17.6. The van der Waals surface area contributed by atoms with Crippen molar-refractivity contribution in [1.82, 2.24) is 9.78 Å². The molecule has 8 heteroatoms. The molecule has 2 N–H and O–H groups in total. The maximum atomic E-state index is 12.2. The quantitative estimate of drug-likeness (QED) is 0.459. The maximum Gasteiger partial charge on any atom is 0.340 e. The fraction of sp³-hybridized carbons (Fsp3) is 0.250. The average molecular weight is 415 g/mol. The largest absolute Gasteiger partial charge is 0.465 e. The number of methoxy groups -OCH3 is 1. The van der Waals surface area contributed by atoms with E-state index in [-0.39, 0.29) is 0 Å². The third-order valence-corrected chi connectivity index (χ3v) is 5.54. The molecule has 0 aliphatic heterocycles. The van der Waals surface area contributed by atoms with Gasteiger partial charge in [-0.15, -0.1) is 11.3 Å². The Bertz CT molecular complexity index is 980. The van der Waals surface area contributed by atoms with E-state index in [2.05, 4.69) is 27.9 Å². The number of esters is 1. The second-order valence-corrected chi connectivity index (χ2v) is 7.69. The Morgan fingerprint density at radius 2 is 2.04 bits per heavy atom. The fourth-order valence-electron chi connectivity index (χ4n) is 2.83. The van der Waals surface area contributed by atoms with Crippen LogP contribution in [0.1, 0.15) is 33.4 Å². The Labute approximate surface area is 173 Å². The number of nitrogens with one attached hydrogen (secondary N) is 2. The minimum absolute atomic E-state index is 0.393. The maximum absolute atomic E-state index is 12.2. The molecule has 0 saturated carbocycles. The molecule has 2 aromatic heterocycles. The molecule has 0 saturated heterocycles. The molecule has 0 aliphatic rings. The second kappa shape index (κ2) is 8.99. The summed E-state index contributed by atoms with van der Waals surface area (Å²) in [4.78, 5) is 13.3. The van der Waals surface area contributed by atoms with Gasteiger partial charge in [-0.3, -0.25) is 4.68 Å². The second-order valence-electron chi connectivity index (χ2n) is 6.15. The monoisotopic (exact) mass is 414 g/mol. The number of nitrogens with zero attached hydrogens (tertiary/aromatic N) is 2. The third kappa shape index (κ3) is 4.58. The van der Waals surface area contributed by atoms with E-state index in [0.29, 0.717) is 15.7 Å². The van der Waals surface area contributed by atoms with Crippen LogP contribution in [-0.4, -0.2) is 28.0 Å². The van der Waals surface area contributed by atoms with Crippen LogP contribution in [0.15, 0.2) is 42.6 Å². The Hall–Kier alpha value is -2.71. The molecule has 6 nitrogen and oxygen atoms in total. The highest BCUT2D eigenvalue weighted by molar-refractivity contribution is 7.80. The third-order valence-electron chi connectivity index (χ3n) is 4.29. The number of ether oxygens (including phenoxy) is 1. The molecule has 0 unspecified atom stereocenters. The first-order valence-electron chi connectivity index (χ1n) is 8.87. The summed E-state index contributed by atoms with van der Waals surface area (Å²) in [5.41, 5.74) is 3.48. The lowest BCUT2D eigenvalue weighted by Crippen LogP contribution is -2.20. The Morgan fingerprint density at radius 1 is 1.29 bits per heavy atom. The van der Waals surface area contributed by atoms with Crippen LogP contribution in [0.25, 0.3) is 0 Å². The van der Waals surface area contributed by atoms with Crippen LogP contribution in [0.4, 0.5) is 10.7 Å². The van der Waals surface area contributed by atoms with Crippen LogP contribution in [0.3, 0.4) is 0 Å². The van der Waals surface area contributed by atoms with Gasteiger partial charge in [-0.05, 0) is 37.7 Å². The fourth-order valence-corrected chi connectivity index (χ4v) is 4.19. The minimum atomic E-state index is -0.393. The molecule has 0 spiro atoms. The predicted molar refractivity (Wildman–Crippen MR) is 117 cm³/mol. The highest BCUT2D eigenvalue weighted by Crippen LogP contribution is 2.31. The van der Waals surface area contributed by atoms with E-state index in [4.69, 9.17) is 17.0 Å². The van der Waals surface area contributed by atoms with E-state index in [1.807, 2.05) is 42.8 Å². The van der Waals surface area contributed by atoms with Crippen LogP contribution < -0.4 is 10.6 Å². The molecule has 0 fully saturated rings. The minimum Gasteiger partial charge on any atom is -0.465 e. The lowest BCUT2D eigenvalue weighted by atomic mass is 10.1. The van der Waals surface area contributed by atoms with Crippen molar-refractivity contribution in [2.45, 2.75) is 26.8 Å². The summed E-state index contributed by atoms with van der Waals surface area (Å²) in [6.45, 7) is 4.79. The molecule has 3 rings (SSSR count). The van der Waals surface area contributed by atoms with Crippen LogP contribution >= 0.6 is 23.6 Å². The van der Waals surface area contributed by atoms with Crippen molar-refractivity contribution in [3.8, 4) is 0 Å². The van der Waals surface area contributed by atoms with Gasteiger partial charge in [0.15, 0.2) is 5.11 Å². The van der Waals surface area contributed by atoms with Crippen LogP contribution in [-0.2, 0) is 17.7 Å². The first-order chi connectivity index (χ1) is 13.5. The van der Waals surface area contributed by atoms with E-state index in [0.717, 1.165) is 29.2 Å². The zero-order valence-electron chi connectivity index (χ0n) is 16.0. The summed E-state index contributed by atoms with van der Waals surface area (Å²) in [6.07, 6.45) is 2.48. The lowest BCUT2D eigenvalue weighted by Gasteiger charge is -2.10. The molecule has 0 radical (unpaired) electrons. The average Bonchev–Trinajstić information content (AvgIpc) is 3.25. The van der Waals surface area contributed by atoms with Crippen LogP contribution in [0.2, 0.25) is 0 Å². The van der Waals surface area contributed by atoms with E-state index in [1.54, 1.807) is 6.20 Å². The topological polar surface area (TPSA) is 68.2 Å². The molecule has 28 heavy (non-hydrogen) atoms. The number of aryl methyl sites for hydroxylation is 1. The van der Waals surface area contributed by atoms with Crippen LogP contribution in [0.5, 0.6) is 0 Å². The van der Waals surface area contributed by atoms with Gasteiger partial charge in [0.05, 0.1) is 30.3 Å². The molecule has 0 atom stereocenters. The van der Waals surface area contributed by atoms with Crippen molar-refractivity contribution in [2.75, 3.05) is 17.7 Å². The van der Waals surface area contributed by atoms with Gasteiger partial charge in [-0.1, -0.05) is 30.3 Å². The Kier molecular flexibility index (Phi) is 6.43. The van der Waals surface area contributed by atoms with Crippen molar-refractivity contribution in [2.24, 2.45) is 0 Å². The SMILES string of the molecule is CCn1ncc(NC(=S)Nc2sc(Cc3ccccc3)cc2C(=O)OC)c1C. The van der Waals surface area contributed by atoms with Gasteiger partial charge >= 0.3 is 5.97 Å². The van der Waals surface area contributed by atoms with Crippen LogP contribution in [0, 0.1) is 6.92 Å². The molecular formula is C20H22N4O2S2. The van der Waals surface area contributed by atoms with Gasteiger partial charge in [0, 0.05) is 17.8 Å². The Balaban J connectivity index is 1.78. The molecule has 3 aromatic rings. The predicted octanol–water partition coefficient (Wildman–Crippen LogP) is 4.46. The zero-order chi connectivity index (χ0) is 20.1. The first-order valence-corrected chi connectivity index (χ1v) is 10.1. The standard InChI is InChI=1S/C20H22N4O2S2/c1-4-24-13(2)17(12-21-24)22-20(27)23-18-16(19(25)26-3)11-15(28-18)10-14-8-6-5-7-9-14/h5-9,11-12H,4,10H2,1-3H3,(H2,22,23,27). The smallest absolute Gasteiger partial charge is 0.340 e. The van der Waals surface area contributed by atoms with Gasteiger partial charge < -0.3 is 15.4 Å². The van der Waals surface area contributed by atoms with Gasteiger partial charge in [-0.25, -0.2) is 4.79 Å². The number of thiophene rings is 1.